The first-order chi connectivity index (χ1) is 14.7. The summed E-state index contributed by atoms with van der Waals surface area (Å²) in [5, 5.41) is 19.6. The Hall–Kier alpha value is -3.12. The molecule has 1 aromatic heterocycles. The molecule has 1 fully saturated rings. The molecule has 30 heavy (non-hydrogen) atoms. The lowest BCUT2D eigenvalue weighted by atomic mass is 10.0. The lowest BCUT2D eigenvalue weighted by Gasteiger charge is -2.31. The summed E-state index contributed by atoms with van der Waals surface area (Å²) in [5.41, 5.74) is 3.18. The normalized spacial score (nSPS) is 16.0. The minimum atomic E-state index is -0.164. The standard InChI is InChI=1S/C24H28N4O2/c29-20-12-10-18(11-13-20)21-16-22(27-26-21)24(30)25-17-23(19-8-4-3-5-9-19)28-14-6-1-2-7-15-28/h3-5,8-13,16,23,29H,1-2,6-7,14-15,17H2,(H,25,30)(H,26,27)/t23-/m0/s1. The average molecular weight is 405 g/mol. The van der Waals surface area contributed by atoms with Crippen molar-refractivity contribution in [2.24, 2.45) is 0 Å². The molecule has 156 valence electrons. The average Bonchev–Trinajstić information content (AvgIpc) is 3.12. The van der Waals surface area contributed by atoms with Gasteiger partial charge in [-0.1, -0.05) is 43.2 Å². The molecule has 1 amide bonds. The molecule has 2 heterocycles. The maximum Gasteiger partial charge on any atom is 0.269 e. The van der Waals surface area contributed by atoms with Crippen LogP contribution < -0.4 is 5.32 Å². The van der Waals surface area contributed by atoms with Gasteiger partial charge in [-0.15, -0.1) is 0 Å². The minimum Gasteiger partial charge on any atom is -0.508 e. The van der Waals surface area contributed by atoms with Crippen LogP contribution in [0.5, 0.6) is 5.75 Å². The number of likely N-dealkylation sites (tertiary alicyclic amines) is 1. The first-order valence-electron chi connectivity index (χ1n) is 10.6. The molecule has 1 aliphatic rings. The van der Waals surface area contributed by atoms with Gasteiger partial charge in [-0.3, -0.25) is 14.8 Å². The molecule has 1 aliphatic heterocycles. The Bertz CT molecular complexity index is 945. The van der Waals surface area contributed by atoms with E-state index in [9.17, 15) is 9.90 Å². The topological polar surface area (TPSA) is 81.2 Å². The summed E-state index contributed by atoms with van der Waals surface area (Å²) in [7, 11) is 0. The fourth-order valence-corrected chi connectivity index (χ4v) is 4.04. The van der Waals surface area contributed by atoms with Crippen LogP contribution in [0, 0.1) is 0 Å². The largest absolute Gasteiger partial charge is 0.508 e. The van der Waals surface area contributed by atoms with Crippen LogP contribution in [0.3, 0.4) is 0 Å². The number of rotatable bonds is 6. The summed E-state index contributed by atoms with van der Waals surface area (Å²) in [4.78, 5) is 15.3. The minimum absolute atomic E-state index is 0.160. The van der Waals surface area contributed by atoms with E-state index in [1.54, 1.807) is 30.3 Å². The SMILES string of the molecule is O=C(NC[C@@H](c1ccccc1)N1CCCCCC1)c1cc(-c2ccc(O)cc2)n[nH]1. The molecule has 4 rings (SSSR count). The number of H-pyrrole nitrogens is 1. The van der Waals surface area contributed by atoms with Crippen LogP contribution in [-0.2, 0) is 0 Å². The van der Waals surface area contributed by atoms with Crippen molar-refractivity contribution in [1.82, 2.24) is 20.4 Å². The van der Waals surface area contributed by atoms with Crippen LogP contribution in [-0.4, -0.2) is 45.7 Å². The van der Waals surface area contributed by atoms with E-state index in [0.29, 0.717) is 17.9 Å². The van der Waals surface area contributed by atoms with Gasteiger partial charge >= 0.3 is 0 Å². The molecule has 0 unspecified atom stereocenters. The monoisotopic (exact) mass is 404 g/mol. The number of amides is 1. The Morgan fingerprint density at radius 1 is 1.03 bits per heavy atom. The molecule has 0 spiro atoms. The fourth-order valence-electron chi connectivity index (χ4n) is 4.04. The van der Waals surface area contributed by atoms with Crippen molar-refractivity contribution >= 4 is 5.91 Å². The number of carbonyl (C=O) groups is 1. The molecule has 2 aromatic carbocycles. The van der Waals surface area contributed by atoms with E-state index in [1.807, 2.05) is 6.07 Å². The van der Waals surface area contributed by atoms with Crippen LogP contribution in [0.2, 0.25) is 0 Å². The summed E-state index contributed by atoms with van der Waals surface area (Å²) in [6.07, 6.45) is 4.96. The number of aromatic amines is 1. The van der Waals surface area contributed by atoms with Gasteiger partial charge in [-0.2, -0.15) is 5.10 Å². The molecule has 0 aliphatic carbocycles. The summed E-state index contributed by atoms with van der Waals surface area (Å²) in [6.45, 7) is 2.67. The number of hydrogen-bond acceptors (Lipinski definition) is 4. The number of phenols is 1. The molecule has 1 atom stereocenters. The highest BCUT2D eigenvalue weighted by Crippen LogP contribution is 2.24. The second-order valence-electron chi connectivity index (χ2n) is 7.80. The van der Waals surface area contributed by atoms with Crippen molar-refractivity contribution in [2.45, 2.75) is 31.7 Å². The zero-order chi connectivity index (χ0) is 20.8. The van der Waals surface area contributed by atoms with Gasteiger partial charge in [-0.25, -0.2) is 0 Å². The van der Waals surface area contributed by atoms with Crippen molar-refractivity contribution in [3.63, 3.8) is 0 Å². The molecule has 3 N–H and O–H groups in total. The summed E-state index contributed by atoms with van der Waals surface area (Å²) in [5.74, 6) is 0.0380. The van der Waals surface area contributed by atoms with Crippen molar-refractivity contribution in [3.8, 4) is 17.0 Å². The fraction of sp³-hybridized carbons (Fsp3) is 0.333. The number of carbonyl (C=O) groups excluding carboxylic acids is 1. The third-order valence-corrected chi connectivity index (χ3v) is 5.71. The van der Waals surface area contributed by atoms with E-state index >= 15 is 0 Å². The molecular formula is C24H28N4O2. The molecular weight excluding hydrogens is 376 g/mol. The zero-order valence-corrected chi connectivity index (χ0v) is 17.1. The van der Waals surface area contributed by atoms with Crippen molar-refractivity contribution < 1.29 is 9.90 Å². The number of nitrogens with zero attached hydrogens (tertiary/aromatic N) is 2. The van der Waals surface area contributed by atoms with Gasteiger partial charge in [0.1, 0.15) is 11.4 Å². The Labute approximate surface area is 176 Å². The van der Waals surface area contributed by atoms with Crippen LogP contribution in [0.1, 0.15) is 47.8 Å². The molecule has 1 saturated heterocycles. The van der Waals surface area contributed by atoms with Crippen LogP contribution in [0.15, 0.2) is 60.7 Å². The first-order valence-corrected chi connectivity index (χ1v) is 10.6. The predicted molar refractivity (Wildman–Crippen MR) is 117 cm³/mol. The van der Waals surface area contributed by atoms with E-state index < -0.39 is 0 Å². The van der Waals surface area contributed by atoms with Gasteiger partial charge < -0.3 is 10.4 Å². The maximum absolute atomic E-state index is 12.8. The van der Waals surface area contributed by atoms with E-state index in [1.165, 1.54) is 31.2 Å². The van der Waals surface area contributed by atoms with Crippen molar-refractivity contribution in [3.05, 3.63) is 71.9 Å². The molecule has 3 aromatic rings. The van der Waals surface area contributed by atoms with Gasteiger partial charge in [0.25, 0.3) is 5.91 Å². The number of aromatic hydroxyl groups is 1. The molecule has 0 saturated carbocycles. The smallest absolute Gasteiger partial charge is 0.269 e. The van der Waals surface area contributed by atoms with Gasteiger partial charge in [0.2, 0.25) is 0 Å². The second-order valence-corrected chi connectivity index (χ2v) is 7.80. The number of nitrogens with one attached hydrogen (secondary N) is 2. The van der Waals surface area contributed by atoms with E-state index in [2.05, 4.69) is 44.7 Å². The highest BCUT2D eigenvalue weighted by atomic mass is 16.3. The second kappa shape index (κ2) is 9.59. The number of phenolic OH excluding ortho intramolecular Hbond substituents is 1. The number of aromatic nitrogens is 2. The van der Waals surface area contributed by atoms with Crippen LogP contribution in [0.25, 0.3) is 11.3 Å². The van der Waals surface area contributed by atoms with Gasteiger partial charge in [-0.05, 0) is 61.8 Å². The van der Waals surface area contributed by atoms with Crippen LogP contribution >= 0.6 is 0 Å². The third kappa shape index (κ3) is 4.89. The van der Waals surface area contributed by atoms with E-state index in [0.717, 1.165) is 18.7 Å². The lowest BCUT2D eigenvalue weighted by Crippen LogP contribution is -2.38. The van der Waals surface area contributed by atoms with Crippen molar-refractivity contribution in [1.29, 1.82) is 0 Å². The quantitative estimate of drug-likeness (QED) is 0.577. The lowest BCUT2D eigenvalue weighted by molar-refractivity contribution is 0.0928. The molecule has 0 bridgehead atoms. The first kappa shape index (κ1) is 20.2. The van der Waals surface area contributed by atoms with Gasteiger partial charge in [0.15, 0.2) is 0 Å². The van der Waals surface area contributed by atoms with Gasteiger partial charge in [0, 0.05) is 12.1 Å². The Balaban J connectivity index is 1.45. The Kier molecular flexibility index (Phi) is 6.44. The molecule has 6 heteroatoms. The highest BCUT2D eigenvalue weighted by molar-refractivity contribution is 5.93. The Morgan fingerprint density at radius 3 is 2.43 bits per heavy atom. The molecule has 0 radical (unpaired) electrons. The summed E-state index contributed by atoms with van der Waals surface area (Å²) in [6, 6.07) is 19.1. The Morgan fingerprint density at radius 2 is 1.73 bits per heavy atom. The van der Waals surface area contributed by atoms with Crippen molar-refractivity contribution in [2.75, 3.05) is 19.6 Å². The highest BCUT2D eigenvalue weighted by Gasteiger charge is 2.22. The summed E-state index contributed by atoms with van der Waals surface area (Å²) >= 11 is 0. The van der Waals surface area contributed by atoms with Crippen LogP contribution in [0.4, 0.5) is 0 Å². The maximum atomic E-state index is 12.8. The van der Waals surface area contributed by atoms with Gasteiger partial charge in [0.05, 0.1) is 11.7 Å². The molecule has 6 nitrogen and oxygen atoms in total. The van der Waals surface area contributed by atoms with E-state index in [-0.39, 0.29) is 17.7 Å². The zero-order valence-electron chi connectivity index (χ0n) is 17.1. The number of hydrogen-bond donors (Lipinski definition) is 3. The number of benzene rings is 2. The predicted octanol–water partition coefficient (Wildman–Crippen LogP) is 4.13. The third-order valence-electron chi connectivity index (χ3n) is 5.71. The summed E-state index contributed by atoms with van der Waals surface area (Å²) < 4.78 is 0. The van der Waals surface area contributed by atoms with E-state index in [4.69, 9.17) is 0 Å².